The predicted molar refractivity (Wildman–Crippen MR) is 54.1 cm³/mol. The Balaban J connectivity index is 1.93. The molecule has 14 heavy (non-hydrogen) atoms. The molecule has 0 unspecified atom stereocenters. The van der Waals surface area contributed by atoms with Gasteiger partial charge in [0.15, 0.2) is 0 Å². The topological polar surface area (TPSA) is 61.4 Å². The Morgan fingerprint density at radius 2 is 2.00 bits per heavy atom. The molecule has 6 heteroatoms. The van der Waals surface area contributed by atoms with Crippen molar-refractivity contribution in [1.82, 2.24) is 14.3 Å². The molecule has 2 N–H and O–H groups in total. The van der Waals surface area contributed by atoms with Gasteiger partial charge in [0.2, 0.25) is 0 Å². The normalized spacial score (nSPS) is 29.9. The first-order valence-electron chi connectivity index (χ1n) is 5.16. The monoisotopic (exact) mass is 219 g/mol. The minimum absolute atomic E-state index is 0.0839. The molecule has 1 atom stereocenters. The van der Waals surface area contributed by atoms with Crippen LogP contribution in [0, 0.1) is 0 Å². The van der Waals surface area contributed by atoms with Crippen LogP contribution in [0.5, 0.6) is 0 Å². The fourth-order valence-corrected chi connectivity index (χ4v) is 3.48. The summed E-state index contributed by atoms with van der Waals surface area (Å²) in [5.74, 6) is 0. The molecule has 2 heterocycles. The van der Waals surface area contributed by atoms with Gasteiger partial charge in [0.25, 0.3) is 10.2 Å². The first kappa shape index (κ1) is 10.4. The summed E-state index contributed by atoms with van der Waals surface area (Å²) in [5, 5.41) is 3.14. The summed E-state index contributed by atoms with van der Waals surface area (Å²) in [7, 11) is -3.20. The molecule has 0 saturated carbocycles. The van der Waals surface area contributed by atoms with Crippen LogP contribution in [0.2, 0.25) is 0 Å². The van der Waals surface area contributed by atoms with E-state index in [9.17, 15) is 8.42 Å². The van der Waals surface area contributed by atoms with Crippen LogP contribution in [0.4, 0.5) is 0 Å². The largest absolute Gasteiger partial charge is 0.315 e. The second-order valence-corrected chi connectivity index (χ2v) is 5.62. The van der Waals surface area contributed by atoms with Gasteiger partial charge in [-0.3, -0.25) is 0 Å². The van der Waals surface area contributed by atoms with E-state index in [1.165, 1.54) is 0 Å². The summed E-state index contributed by atoms with van der Waals surface area (Å²) >= 11 is 0. The zero-order valence-corrected chi connectivity index (χ0v) is 9.02. The molecule has 2 fully saturated rings. The smallest absolute Gasteiger partial charge is 0.279 e. The van der Waals surface area contributed by atoms with Gasteiger partial charge >= 0.3 is 0 Å². The standard InChI is InChI=1S/C8H17N3O2S/c12-14(13,11-5-1-2-6-11)10-8-3-4-9-7-8/h8-10H,1-7H2/t8-/m1/s1. The van der Waals surface area contributed by atoms with Crippen molar-refractivity contribution in [3.8, 4) is 0 Å². The van der Waals surface area contributed by atoms with Crippen LogP contribution >= 0.6 is 0 Å². The molecular weight excluding hydrogens is 202 g/mol. The van der Waals surface area contributed by atoms with E-state index in [4.69, 9.17) is 0 Å². The van der Waals surface area contributed by atoms with Crippen molar-refractivity contribution in [1.29, 1.82) is 0 Å². The van der Waals surface area contributed by atoms with Crippen LogP contribution in [-0.2, 0) is 10.2 Å². The van der Waals surface area contributed by atoms with E-state index in [2.05, 4.69) is 10.0 Å². The molecule has 0 bridgehead atoms. The summed E-state index contributed by atoms with van der Waals surface area (Å²) in [5.41, 5.74) is 0. The molecule has 0 aromatic carbocycles. The first-order valence-corrected chi connectivity index (χ1v) is 6.60. The van der Waals surface area contributed by atoms with Gasteiger partial charge in [0.05, 0.1) is 0 Å². The molecule has 2 rings (SSSR count). The van der Waals surface area contributed by atoms with Gasteiger partial charge in [-0.2, -0.15) is 17.4 Å². The van der Waals surface area contributed by atoms with Gasteiger partial charge in [-0.05, 0) is 25.8 Å². The molecule has 2 saturated heterocycles. The molecule has 0 amide bonds. The third-order valence-corrected chi connectivity index (χ3v) is 4.46. The van der Waals surface area contributed by atoms with Crippen LogP contribution in [0.25, 0.3) is 0 Å². The molecule has 2 aliphatic heterocycles. The van der Waals surface area contributed by atoms with Crippen molar-refractivity contribution in [3.63, 3.8) is 0 Å². The molecule has 2 aliphatic rings. The lowest BCUT2D eigenvalue weighted by Gasteiger charge is -2.19. The van der Waals surface area contributed by atoms with Gasteiger partial charge in [0.1, 0.15) is 0 Å². The highest BCUT2D eigenvalue weighted by molar-refractivity contribution is 7.87. The maximum Gasteiger partial charge on any atom is 0.279 e. The van der Waals surface area contributed by atoms with Gasteiger partial charge < -0.3 is 5.32 Å². The second kappa shape index (κ2) is 4.14. The SMILES string of the molecule is O=S(=O)(N[C@@H]1CCNC1)N1CCCC1. The number of nitrogens with zero attached hydrogens (tertiary/aromatic N) is 1. The molecular formula is C8H17N3O2S. The Kier molecular flexibility index (Phi) is 3.06. The van der Waals surface area contributed by atoms with E-state index in [1.54, 1.807) is 4.31 Å². The second-order valence-electron chi connectivity index (χ2n) is 3.92. The molecule has 0 aromatic rings. The summed E-state index contributed by atoms with van der Waals surface area (Å²) in [6.45, 7) is 3.02. The predicted octanol–water partition coefficient (Wildman–Crippen LogP) is -0.721. The van der Waals surface area contributed by atoms with Crippen LogP contribution in [0.1, 0.15) is 19.3 Å². The Morgan fingerprint density at radius 3 is 2.57 bits per heavy atom. The van der Waals surface area contributed by atoms with Crippen molar-refractivity contribution in [2.75, 3.05) is 26.2 Å². The summed E-state index contributed by atoms with van der Waals surface area (Å²) < 4.78 is 27.8. The van der Waals surface area contributed by atoms with Crippen molar-refractivity contribution >= 4 is 10.2 Å². The van der Waals surface area contributed by atoms with Crippen LogP contribution < -0.4 is 10.0 Å². The van der Waals surface area contributed by atoms with E-state index in [0.717, 1.165) is 32.4 Å². The molecule has 0 aromatic heterocycles. The van der Waals surface area contributed by atoms with Gasteiger partial charge in [0, 0.05) is 25.7 Å². The highest BCUT2D eigenvalue weighted by atomic mass is 32.2. The summed E-state index contributed by atoms with van der Waals surface area (Å²) in [6.07, 6.45) is 2.88. The lowest BCUT2D eigenvalue weighted by molar-refractivity contribution is 0.455. The fourth-order valence-electron chi connectivity index (χ4n) is 1.97. The molecule has 0 spiro atoms. The lowest BCUT2D eigenvalue weighted by atomic mass is 10.3. The number of nitrogens with one attached hydrogen (secondary N) is 2. The average molecular weight is 219 g/mol. The lowest BCUT2D eigenvalue weighted by Crippen LogP contribution is -2.44. The number of rotatable bonds is 3. The zero-order valence-electron chi connectivity index (χ0n) is 8.20. The van der Waals surface area contributed by atoms with E-state index in [0.29, 0.717) is 13.1 Å². The highest BCUT2D eigenvalue weighted by Gasteiger charge is 2.28. The van der Waals surface area contributed by atoms with Crippen LogP contribution in [0.15, 0.2) is 0 Å². The fraction of sp³-hybridized carbons (Fsp3) is 1.00. The van der Waals surface area contributed by atoms with Crippen molar-refractivity contribution < 1.29 is 8.42 Å². The Bertz CT molecular complexity index is 279. The van der Waals surface area contributed by atoms with E-state index in [-0.39, 0.29) is 6.04 Å². The molecule has 5 nitrogen and oxygen atoms in total. The third kappa shape index (κ3) is 2.25. The van der Waals surface area contributed by atoms with Gasteiger partial charge in [-0.25, -0.2) is 0 Å². The molecule has 82 valence electrons. The van der Waals surface area contributed by atoms with Crippen molar-refractivity contribution in [2.45, 2.75) is 25.3 Å². The molecule has 0 radical (unpaired) electrons. The third-order valence-electron chi connectivity index (χ3n) is 2.78. The highest BCUT2D eigenvalue weighted by Crippen LogP contribution is 2.12. The maximum atomic E-state index is 11.8. The van der Waals surface area contributed by atoms with E-state index in [1.807, 2.05) is 0 Å². The van der Waals surface area contributed by atoms with Crippen molar-refractivity contribution in [3.05, 3.63) is 0 Å². The summed E-state index contributed by atoms with van der Waals surface area (Å²) in [6, 6.07) is 0.0839. The van der Waals surface area contributed by atoms with Gasteiger partial charge in [-0.1, -0.05) is 0 Å². The Morgan fingerprint density at radius 1 is 1.29 bits per heavy atom. The van der Waals surface area contributed by atoms with Crippen molar-refractivity contribution in [2.24, 2.45) is 0 Å². The van der Waals surface area contributed by atoms with Gasteiger partial charge in [-0.15, -0.1) is 0 Å². The van der Waals surface area contributed by atoms with E-state index >= 15 is 0 Å². The van der Waals surface area contributed by atoms with Crippen LogP contribution in [0.3, 0.4) is 0 Å². The Hall–Kier alpha value is -0.170. The summed E-state index contributed by atoms with van der Waals surface area (Å²) in [4.78, 5) is 0. The quantitative estimate of drug-likeness (QED) is 0.658. The first-order chi connectivity index (χ1) is 6.68. The number of hydrogen-bond donors (Lipinski definition) is 2. The maximum absolute atomic E-state index is 11.8. The minimum Gasteiger partial charge on any atom is -0.315 e. The van der Waals surface area contributed by atoms with E-state index < -0.39 is 10.2 Å². The Labute approximate surface area is 85.0 Å². The minimum atomic E-state index is -3.20. The zero-order chi connectivity index (χ0) is 10.0. The average Bonchev–Trinajstić information content (AvgIpc) is 2.71. The van der Waals surface area contributed by atoms with Crippen LogP contribution in [-0.4, -0.2) is 44.9 Å². The number of hydrogen-bond acceptors (Lipinski definition) is 3. The molecule has 0 aliphatic carbocycles.